The quantitative estimate of drug-likeness (QED) is 0.687. The predicted molar refractivity (Wildman–Crippen MR) is 54.5 cm³/mol. The maximum absolute atomic E-state index is 12.9. The Balaban J connectivity index is 0.000000980. The molecule has 0 bridgehead atoms. The summed E-state index contributed by atoms with van der Waals surface area (Å²) in [6, 6.07) is 4.83. The first-order chi connectivity index (χ1) is 6.18. The highest BCUT2D eigenvalue weighted by Gasteiger charge is 2.07. The summed E-state index contributed by atoms with van der Waals surface area (Å²) in [6.45, 7) is 4.21. The molecule has 1 nitrogen and oxygen atoms in total. The zero-order chi connectivity index (χ0) is 9.42. The molecule has 0 aliphatic heterocycles. The van der Waals surface area contributed by atoms with Gasteiger partial charge in [0, 0.05) is 18.5 Å². The van der Waals surface area contributed by atoms with Crippen LogP contribution in [0.2, 0.25) is 0 Å². The molecule has 0 radical (unpaired) electrons. The van der Waals surface area contributed by atoms with Gasteiger partial charge in [0.05, 0.1) is 0 Å². The smallest absolute Gasteiger partial charge is 0.123 e. The number of nitrogens with one attached hydrogen (secondary N) is 1. The monoisotopic (exact) mass is 179 g/mol. The second-order valence-corrected chi connectivity index (χ2v) is 3.59. The van der Waals surface area contributed by atoms with E-state index in [0.717, 1.165) is 10.9 Å². The normalized spacial score (nSPS) is 11.4. The van der Waals surface area contributed by atoms with Crippen molar-refractivity contribution in [2.45, 2.75) is 19.8 Å². The first-order valence-electron chi connectivity index (χ1n) is 4.45. The van der Waals surface area contributed by atoms with Crippen molar-refractivity contribution in [1.82, 2.24) is 4.98 Å². The fraction of sp³-hybridized carbons (Fsp3) is 0.273. The van der Waals surface area contributed by atoms with E-state index < -0.39 is 0 Å². The van der Waals surface area contributed by atoms with Crippen molar-refractivity contribution in [3.63, 3.8) is 0 Å². The van der Waals surface area contributed by atoms with Gasteiger partial charge in [-0.3, -0.25) is 0 Å². The number of hydrogen-bond donors (Lipinski definition) is 1. The molecule has 0 saturated carbocycles. The summed E-state index contributed by atoms with van der Waals surface area (Å²) in [5, 5.41) is 0.995. The molecule has 2 rings (SSSR count). The van der Waals surface area contributed by atoms with Crippen LogP contribution in [0.15, 0.2) is 24.4 Å². The largest absolute Gasteiger partial charge is 0.361 e. The Labute approximate surface area is 78.1 Å². The minimum Gasteiger partial charge on any atom is -0.361 e. The van der Waals surface area contributed by atoms with Gasteiger partial charge >= 0.3 is 0 Å². The fourth-order valence-corrected chi connectivity index (χ4v) is 1.59. The highest BCUT2D eigenvalue weighted by atomic mass is 19.1. The number of aromatic nitrogens is 1. The van der Waals surface area contributed by atoms with E-state index in [1.54, 1.807) is 12.1 Å². The molecule has 0 unspecified atom stereocenters. The SMILES string of the molecule is CC(C)c1c[nH]c2ccc(F)cc12.[HH]. The van der Waals surface area contributed by atoms with Gasteiger partial charge in [0.25, 0.3) is 0 Å². The van der Waals surface area contributed by atoms with Crippen molar-refractivity contribution < 1.29 is 5.82 Å². The summed E-state index contributed by atoms with van der Waals surface area (Å²) in [7, 11) is 0. The molecule has 1 aromatic heterocycles. The molecule has 0 aliphatic rings. The Morgan fingerprint density at radius 2 is 2.15 bits per heavy atom. The number of rotatable bonds is 1. The van der Waals surface area contributed by atoms with Gasteiger partial charge in [0.2, 0.25) is 0 Å². The Kier molecular flexibility index (Phi) is 1.83. The molecule has 0 fully saturated rings. The molecule has 2 heteroatoms. The van der Waals surface area contributed by atoms with Gasteiger partial charge in [-0.25, -0.2) is 4.39 Å². The zero-order valence-electron chi connectivity index (χ0n) is 7.76. The van der Waals surface area contributed by atoms with E-state index in [9.17, 15) is 4.39 Å². The summed E-state index contributed by atoms with van der Waals surface area (Å²) in [6.07, 6.45) is 1.95. The Morgan fingerprint density at radius 1 is 1.38 bits per heavy atom. The molecular formula is C11H14FN. The maximum Gasteiger partial charge on any atom is 0.123 e. The van der Waals surface area contributed by atoms with Crippen LogP contribution < -0.4 is 0 Å². The van der Waals surface area contributed by atoms with Crippen LogP contribution in [0.1, 0.15) is 26.8 Å². The lowest BCUT2D eigenvalue weighted by Gasteiger charge is -2.01. The predicted octanol–water partition coefficient (Wildman–Crippen LogP) is 3.68. The molecule has 13 heavy (non-hydrogen) atoms. The minimum absolute atomic E-state index is 0. The Bertz CT molecular complexity index is 434. The first-order valence-corrected chi connectivity index (χ1v) is 4.45. The molecule has 0 atom stereocenters. The summed E-state index contributed by atoms with van der Waals surface area (Å²) < 4.78 is 12.9. The van der Waals surface area contributed by atoms with E-state index in [1.807, 2.05) is 6.20 Å². The second-order valence-electron chi connectivity index (χ2n) is 3.59. The van der Waals surface area contributed by atoms with Gasteiger partial charge < -0.3 is 4.98 Å². The van der Waals surface area contributed by atoms with E-state index >= 15 is 0 Å². The zero-order valence-corrected chi connectivity index (χ0v) is 7.76. The topological polar surface area (TPSA) is 15.8 Å². The van der Waals surface area contributed by atoms with Gasteiger partial charge in [-0.1, -0.05) is 13.8 Å². The number of aromatic amines is 1. The molecule has 0 saturated heterocycles. The van der Waals surface area contributed by atoms with Crippen LogP contribution in [0, 0.1) is 5.82 Å². The third kappa shape index (κ3) is 1.32. The average molecular weight is 179 g/mol. The van der Waals surface area contributed by atoms with Crippen molar-refractivity contribution in [3.8, 4) is 0 Å². The third-order valence-electron chi connectivity index (χ3n) is 2.30. The van der Waals surface area contributed by atoms with Crippen LogP contribution in [0.25, 0.3) is 10.9 Å². The molecule has 70 valence electrons. The van der Waals surface area contributed by atoms with Gasteiger partial charge in [0.1, 0.15) is 5.82 Å². The Hall–Kier alpha value is -1.31. The van der Waals surface area contributed by atoms with Crippen molar-refractivity contribution in [1.29, 1.82) is 0 Å². The fourth-order valence-electron chi connectivity index (χ4n) is 1.59. The van der Waals surface area contributed by atoms with Gasteiger partial charge in [-0.05, 0) is 29.7 Å². The van der Waals surface area contributed by atoms with Crippen molar-refractivity contribution in [2.24, 2.45) is 0 Å². The van der Waals surface area contributed by atoms with E-state index in [-0.39, 0.29) is 7.24 Å². The molecule has 1 aromatic carbocycles. The number of hydrogen-bond acceptors (Lipinski definition) is 0. The van der Waals surface area contributed by atoms with E-state index in [4.69, 9.17) is 0 Å². The van der Waals surface area contributed by atoms with Crippen molar-refractivity contribution in [2.75, 3.05) is 0 Å². The van der Waals surface area contributed by atoms with Crippen LogP contribution in [-0.4, -0.2) is 4.98 Å². The summed E-state index contributed by atoms with van der Waals surface area (Å²) in [5.41, 5.74) is 2.18. The van der Waals surface area contributed by atoms with Crippen LogP contribution in [0.3, 0.4) is 0 Å². The van der Waals surface area contributed by atoms with Crippen LogP contribution in [0.5, 0.6) is 0 Å². The lowest BCUT2D eigenvalue weighted by Crippen LogP contribution is -1.84. The van der Waals surface area contributed by atoms with Crippen molar-refractivity contribution >= 4 is 10.9 Å². The lowest BCUT2D eigenvalue weighted by molar-refractivity contribution is 0.629. The van der Waals surface area contributed by atoms with Crippen LogP contribution in [0.4, 0.5) is 4.39 Å². The molecule has 1 N–H and O–H groups in total. The molecule has 0 spiro atoms. The van der Waals surface area contributed by atoms with Gasteiger partial charge in [0.15, 0.2) is 0 Å². The number of halogens is 1. The second kappa shape index (κ2) is 2.87. The van der Waals surface area contributed by atoms with Gasteiger partial charge in [-0.15, -0.1) is 0 Å². The van der Waals surface area contributed by atoms with E-state index in [1.165, 1.54) is 11.6 Å². The lowest BCUT2D eigenvalue weighted by atomic mass is 10.0. The highest BCUT2D eigenvalue weighted by molar-refractivity contribution is 5.83. The van der Waals surface area contributed by atoms with E-state index in [0.29, 0.717) is 5.92 Å². The van der Waals surface area contributed by atoms with Gasteiger partial charge in [-0.2, -0.15) is 0 Å². The highest BCUT2D eigenvalue weighted by Crippen LogP contribution is 2.25. The Morgan fingerprint density at radius 3 is 2.85 bits per heavy atom. The number of fused-ring (bicyclic) bond motifs is 1. The van der Waals surface area contributed by atoms with Crippen LogP contribution in [-0.2, 0) is 0 Å². The third-order valence-corrected chi connectivity index (χ3v) is 2.30. The maximum atomic E-state index is 12.9. The number of H-pyrrole nitrogens is 1. The molecule has 1 heterocycles. The first kappa shape index (κ1) is 8.30. The molecular weight excluding hydrogens is 165 g/mol. The minimum atomic E-state index is -0.172. The average Bonchev–Trinajstić information content (AvgIpc) is 2.46. The number of benzene rings is 1. The molecule has 2 aromatic rings. The standard InChI is InChI=1S/C11H12FN.H2/c1-7(2)10-6-13-11-4-3-8(12)5-9(10)11;/h3-7,13H,1-2H3;1H. The molecule has 0 amide bonds. The summed E-state index contributed by atoms with van der Waals surface area (Å²) in [5.74, 6) is 0.254. The molecule has 0 aliphatic carbocycles. The summed E-state index contributed by atoms with van der Waals surface area (Å²) >= 11 is 0. The summed E-state index contributed by atoms with van der Waals surface area (Å²) in [4.78, 5) is 3.13. The van der Waals surface area contributed by atoms with Crippen molar-refractivity contribution in [3.05, 3.63) is 35.8 Å². The van der Waals surface area contributed by atoms with E-state index in [2.05, 4.69) is 18.8 Å². The van der Waals surface area contributed by atoms with Crippen LogP contribution >= 0.6 is 0 Å².